The SMILES string of the molecule is CC(C)(C(=O)NCCCC(=O)O)c1cccc(Cl)c1. The predicted octanol–water partition coefficient (Wildman–Crippen LogP) is 2.60. The number of rotatable bonds is 6. The van der Waals surface area contributed by atoms with Crippen molar-refractivity contribution in [1.29, 1.82) is 0 Å². The minimum atomic E-state index is -0.858. The first-order valence-corrected chi connectivity index (χ1v) is 6.48. The number of carbonyl (C=O) groups excluding carboxylic acids is 1. The van der Waals surface area contributed by atoms with E-state index in [9.17, 15) is 9.59 Å². The third-order valence-corrected chi connectivity index (χ3v) is 3.20. The second kappa shape index (κ2) is 6.57. The lowest BCUT2D eigenvalue weighted by Crippen LogP contribution is -2.40. The summed E-state index contributed by atoms with van der Waals surface area (Å²) in [5, 5.41) is 11.9. The molecule has 5 heteroatoms. The van der Waals surface area contributed by atoms with E-state index in [4.69, 9.17) is 16.7 Å². The zero-order chi connectivity index (χ0) is 14.5. The lowest BCUT2D eigenvalue weighted by atomic mass is 9.83. The maximum atomic E-state index is 12.1. The molecule has 0 spiro atoms. The molecule has 0 atom stereocenters. The lowest BCUT2D eigenvalue weighted by molar-refractivity contribution is -0.137. The minimum absolute atomic E-state index is 0.0534. The first-order valence-electron chi connectivity index (χ1n) is 6.10. The fraction of sp³-hybridized carbons (Fsp3) is 0.429. The Hall–Kier alpha value is -1.55. The van der Waals surface area contributed by atoms with Crippen molar-refractivity contribution in [1.82, 2.24) is 5.32 Å². The molecule has 0 aromatic heterocycles. The summed E-state index contributed by atoms with van der Waals surface area (Å²) in [4.78, 5) is 22.5. The quantitative estimate of drug-likeness (QED) is 0.789. The molecule has 0 aliphatic rings. The van der Waals surface area contributed by atoms with Crippen molar-refractivity contribution in [2.24, 2.45) is 0 Å². The monoisotopic (exact) mass is 283 g/mol. The summed E-state index contributed by atoms with van der Waals surface area (Å²) < 4.78 is 0. The molecule has 0 saturated heterocycles. The summed E-state index contributed by atoms with van der Waals surface area (Å²) in [5.41, 5.74) is 0.129. The molecule has 1 aromatic carbocycles. The van der Waals surface area contributed by atoms with Gasteiger partial charge in [-0.3, -0.25) is 9.59 Å². The molecule has 19 heavy (non-hydrogen) atoms. The predicted molar refractivity (Wildman–Crippen MR) is 74.4 cm³/mol. The number of aliphatic carboxylic acids is 1. The van der Waals surface area contributed by atoms with Gasteiger partial charge in [-0.1, -0.05) is 23.7 Å². The summed E-state index contributed by atoms with van der Waals surface area (Å²) in [6.07, 6.45) is 0.477. The van der Waals surface area contributed by atoms with Gasteiger partial charge in [-0.2, -0.15) is 0 Å². The molecule has 104 valence electrons. The first kappa shape index (κ1) is 15.5. The van der Waals surface area contributed by atoms with E-state index in [1.807, 2.05) is 19.9 Å². The minimum Gasteiger partial charge on any atom is -0.481 e. The number of carboxylic acids is 1. The van der Waals surface area contributed by atoms with Gasteiger partial charge in [0, 0.05) is 18.0 Å². The average Bonchev–Trinajstić information content (AvgIpc) is 2.34. The molecule has 0 fully saturated rings. The standard InChI is InChI=1S/C14H18ClNO3/c1-14(2,10-5-3-6-11(15)9-10)13(19)16-8-4-7-12(17)18/h3,5-6,9H,4,7-8H2,1-2H3,(H,16,19)(H,17,18). The van der Waals surface area contributed by atoms with Gasteiger partial charge in [-0.05, 0) is 38.0 Å². The Morgan fingerprint density at radius 3 is 2.63 bits per heavy atom. The third-order valence-electron chi connectivity index (χ3n) is 2.97. The zero-order valence-corrected chi connectivity index (χ0v) is 11.8. The molecule has 0 aliphatic carbocycles. The second-order valence-electron chi connectivity index (χ2n) is 4.89. The molecule has 1 rings (SSSR count). The van der Waals surface area contributed by atoms with Crippen LogP contribution < -0.4 is 5.32 Å². The lowest BCUT2D eigenvalue weighted by Gasteiger charge is -2.24. The van der Waals surface area contributed by atoms with Gasteiger partial charge in [0.05, 0.1) is 5.41 Å². The number of carbonyl (C=O) groups is 2. The number of halogens is 1. The summed E-state index contributed by atoms with van der Waals surface area (Å²) >= 11 is 5.92. The summed E-state index contributed by atoms with van der Waals surface area (Å²) in [6.45, 7) is 3.98. The van der Waals surface area contributed by atoms with Crippen molar-refractivity contribution in [2.75, 3.05) is 6.54 Å². The van der Waals surface area contributed by atoms with Crippen LogP contribution in [0.1, 0.15) is 32.3 Å². The van der Waals surface area contributed by atoms with Crippen molar-refractivity contribution in [3.63, 3.8) is 0 Å². The van der Waals surface area contributed by atoms with Crippen LogP contribution >= 0.6 is 11.6 Å². The highest BCUT2D eigenvalue weighted by Crippen LogP contribution is 2.25. The summed E-state index contributed by atoms with van der Waals surface area (Å²) in [5.74, 6) is -0.997. The Kier molecular flexibility index (Phi) is 5.36. The van der Waals surface area contributed by atoms with Crippen LogP contribution in [-0.4, -0.2) is 23.5 Å². The van der Waals surface area contributed by atoms with Crippen LogP contribution in [0.4, 0.5) is 0 Å². The van der Waals surface area contributed by atoms with Crippen molar-refractivity contribution in [2.45, 2.75) is 32.1 Å². The molecule has 1 aromatic rings. The molecule has 4 nitrogen and oxygen atoms in total. The van der Waals surface area contributed by atoms with Crippen LogP contribution in [0.15, 0.2) is 24.3 Å². The van der Waals surface area contributed by atoms with Gasteiger partial charge in [0.2, 0.25) is 5.91 Å². The smallest absolute Gasteiger partial charge is 0.303 e. The summed E-state index contributed by atoms with van der Waals surface area (Å²) in [7, 11) is 0. The fourth-order valence-corrected chi connectivity index (χ4v) is 1.86. The fourth-order valence-electron chi connectivity index (χ4n) is 1.67. The summed E-state index contributed by atoms with van der Waals surface area (Å²) in [6, 6.07) is 7.17. The van der Waals surface area contributed by atoms with E-state index in [2.05, 4.69) is 5.32 Å². The van der Waals surface area contributed by atoms with Crippen LogP contribution in [0.5, 0.6) is 0 Å². The highest BCUT2D eigenvalue weighted by atomic mass is 35.5. The van der Waals surface area contributed by atoms with Crippen LogP contribution in [0.25, 0.3) is 0 Å². The molecular weight excluding hydrogens is 266 g/mol. The highest BCUT2D eigenvalue weighted by molar-refractivity contribution is 6.30. The zero-order valence-electron chi connectivity index (χ0n) is 11.1. The number of nitrogens with one attached hydrogen (secondary N) is 1. The van der Waals surface area contributed by atoms with E-state index in [0.717, 1.165) is 5.56 Å². The van der Waals surface area contributed by atoms with E-state index < -0.39 is 11.4 Å². The van der Waals surface area contributed by atoms with Gasteiger partial charge >= 0.3 is 5.97 Å². The third kappa shape index (κ3) is 4.56. The molecule has 1 amide bonds. The Morgan fingerprint density at radius 1 is 1.37 bits per heavy atom. The number of benzene rings is 1. The second-order valence-corrected chi connectivity index (χ2v) is 5.32. The van der Waals surface area contributed by atoms with Crippen molar-refractivity contribution < 1.29 is 14.7 Å². The van der Waals surface area contributed by atoms with Gasteiger partial charge in [-0.15, -0.1) is 0 Å². The largest absolute Gasteiger partial charge is 0.481 e. The molecule has 0 heterocycles. The van der Waals surface area contributed by atoms with Crippen LogP contribution in [0, 0.1) is 0 Å². The van der Waals surface area contributed by atoms with E-state index >= 15 is 0 Å². The van der Waals surface area contributed by atoms with Gasteiger partial charge in [0.25, 0.3) is 0 Å². The van der Waals surface area contributed by atoms with E-state index in [0.29, 0.717) is 18.0 Å². The molecular formula is C14H18ClNO3. The Bertz CT molecular complexity index is 472. The van der Waals surface area contributed by atoms with E-state index in [1.54, 1.807) is 18.2 Å². The molecule has 0 radical (unpaired) electrons. The molecule has 0 unspecified atom stereocenters. The van der Waals surface area contributed by atoms with Crippen LogP contribution in [-0.2, 0) is 15.0 Å². The number of hydrogen-bond donors (Lipinski definition) is 2. The number of hydrogen-bond acceptors (Lipinski definition) is 2. The Balaban J connectivity index is 2.61. The van der Waals surface area contributed by atoms with Gasteiger partial charge in [0.1, 0.15) is 0 Å². The average molecular weight is 284 g/mol. The van der Waals surface area contributed by atoms with Crippen LogP contribution in [0.3, 0.4) is 0 Å². The topological polar surface area (TPSA) is 66.4 Å². The van der Waals surface area contributed by atoms with E-state index in [-0.39, 0.29) is 12.3 Å². The maximum absolute atomic E-state index is 12.1. The Labute approximate surface area is 117 Å². The van der Waals surface area contributed by atoms with Crippen molar-refractivity contribution in [3.8, 4) is 0 Å². The number of amides is 1. The highest BCUT2D eigenvalue weighted by Gasteiger charge is 2.29. The molecule has 0 aliphatic heterocycles. The van der Waals surface area contributed by atoms with Gasteiger partial charge < -0.3 is 10.4 Å². The Morgan fingerprint density at radius 2 is 2.05 bits per heavy atom. The molecule has 2 N–H and O–H groups in total. The van der Waals surface area contributed by atoms with Crippen LogP contribution in [0.2, 0.25) is 5.02 Å². The molecule has 0 saturated carbocycles. The van der Waals surface area contributed by atoms with Crippen molar-refractivity contribution >= 4 is 23.5 Å². The first-order chi connectivity index (χ1) is 8.84. The van der Waals surface area contributed by atoms with E-state index in [1.165, 1.54) is 0 Å². The number of carboxylic acid groups (broad SMARTS) is 1. The van der Waals surface area contributed by atoms with Gasteiger partial charge in [0.15, 0.2) is 0 Å². The molecule has 0 bridgehead atoms. The van der Waals surface area contributed by atoms with Crippen molar-refractivity contribution in [3.05, 3.63) is 34.9 Å². The van der Waals surface area contributed by atoms with Gasteiger partial charge in [-0.25, -0.2) is 0 Å². The normalized spacial score (nSPS) is 11.1. The maximum Gasteiger partial charge on any atom is 0.303 e.